The minimum Gasteiger partial charge on any atom is -0.396 e. The molecule has 0 saturated heterocycles. The summed E-state index contributed by atoms with van der Waals surface area (Å²) in [5.41, 5.74) is -1.84. The number of Topliss-reactive ketones (excluding diaryl/α,β-unsaturated/α-hetero) is 1. The second-order valence-electron chi connectivity index (χ2n) is 3.44. The van der Waals surface area contributed by atoms with E-state index in [1.165, 1.54) is 0 Å². The Morgan fingerprint density at radius 3 is 2.47 bits per heavy atom. The van der Waals surface area contributed by atoms with Crippen LogP contribution in [0.25, 0.3) is 0 Å². The first-order valence-electron chi connectivity index (χ1n) is 4.87. The zero-order chi connectivity index (χ0) is 13.1. The van der Waals surface area contributed by atoms with Gasteiger partial charge in [0, 0.05) is 18.6 Å². The molecule has 0 atom stereocenters. The minimum atomic E-state index is -4.77. The van der Waals surface area contributed by atoms with Crippen molar-refractivity contribution >= 4 is 5.78 Å². The summed E-state index contributed by atoms with van der Waals surface area (Å²) < 4.78 is 50.4. The fourth-order valence-electron chi connectivity index (χ4n) is 1.37. The first-order chi connectivity index (χ1) is 7.86. The summed E-state index contributed by atoms with van der Waals surface area (Å²) in [6.07, 6.45) is -4.90. The van der Waals surface area contributed by atoms with Crippen molar-refractivity contribution in [2.45, 2.75) is 19.0 Å². The van der Waals surface area contributed by atoms with Crippen LogP contribution in [0, 0.1) is 5.82 Å². The van der Waals surface area contributed by atoms with E-state index in [-0.39, 0.29) is 19.4 Å². The number of ketones is 1. The van der Waals surface area contributed by atoms with Crippen LogP contribution in [0.3, 0.4) is 0 Å². The first-order valence-corrected chi connectivity index (χ1v) is 4.87. The molecule has 1 aromatic carbocycles. The van der Waals surface area contributed by atoms with E-state index in [1.54, 1.807) is 0 Å². The molecule has 0 spiro atoms. The maximum Gasteiger partial charge on any atom is 0.417 e. The summed E-state index contributed by atoms with van der Waals surface area (Å²) >= 11 is 0. The summed E-state index contributed by atoms with van der Waals surface area (Å²) in [6.45, 7) is -0.283. The molecule has 1 aromatic rings. The van der Waals surface area contributed by atoms with Crippen LogP contribution in [0.4, 0.5) is 17.6 Å². The molecule has 0 radical (unpaired) electrons. The summed E-state index contributed by atoms with van der Waals surface area (Å²) in [6, 6.07) is 1.92. The molecule has 0 aliphatic rings. The van der Waals surface area contributed by atoms with Crippen molar-refractivity contribution in [3.05, 3.63) is 35.1 Å². The lowest BCUT2D eigenvalue weighted by molar-refractivity contribution is -0.138. The zero-order valence-electron chi connectivity index (χ0n) is 8.72. The van der Waals surface area contributed by atoms with Crippen LogP contribution in [-0.2, 0) is 6.18 Å². The van der Waals surface area contributed by atoms with Crippen molar-refractivity contribution in [2.24, 2.45) is 0 Å². The number of aliphatic hydroxyl groups excluding tert-OH is 1. The number of rotatable bonds is 4. The highest BCUT2D eigenvalue weighted by Crippen LogP contribution is 2.33. The van der Waals surface area contributed by atoms with Crippen LogP contribution in [-0.4, -0.2) is 17.5 Å². The third-order valence-corrected chi connectivity index (χ3v) is 2.15. The van der Waals surface area contributed by atoms with Crippen molar-refractivity contribution in [1.29, 1.82) is 0 Å². The van der Waals surface area contributed by atoms with E-state index < -0.39 is 28.9 Å². The van der Waals surface area contributed by atoms with Crippen LogP contribution < -0.4 is 0 Å². The highest BCUT2D eigenvalue weighted by Gasteiger charge is 2.35. The molecule has 17 heavy (non-hydrogen) atoms. The van der Waals surface area contributed by atoms with E-state index in [1.807, 2.05) is 0 Å². The number of carbonyl (C=O) groups is 1. The number of aliphatic hydroxyl groups is 1. The molecular formula is C11H10F4O2. The van der Waals surface area contributed by atoms with E-state index in [2.05, 4.69) is 0 Å². The van der Waals surface area contributed by atoms with Gasteiger partial charge in [-0.05, 0) is 24.6 Å². The molecule has 0 aliphatic heterocycles. The topological polar surface area (TPSA) is 37.3 Å². The second kappa shape index (κ2) is 5.27. The third-order valence-electron chi connectivity index (χ3n) is 2.15. The predicted octanol–water partition coefficient (Wildman–Crippen LogP) is 2.80. The van der Waals surface area contributed by atoms with Crippen LogP contribution >= 0.6 is 0 Å². The van der Waals surface area contributed by atoms with Gasteiger partial charge in [0.15, 0.2) is 5.78 Å². The van der Waals surface area contributed by atoms with Gasteiger partial charge in [0.1, 0.15) is 5.82 Å². The van der Waals surface area contributed by atoms with E-state index >= 15 is 0 Å². The van der Waals surface area contributed by atoms with E-state index in [0.29, 0.717) is 6.07 Å². The Morgan fingerprint density at radius 2 is 1.94 bits per heavy atom. The van der Waals surface area contributed by atoms with E-state index in [0.717, 1.165) is 12.1 Å². The van der Waals surface area contributed by atoms with Gasteiger partial charge >= 0.3 is 6.18 Å². The Hall–Kier alpha value is -1.43. The smallest absolute Gasteiger partial charge is 0.396 e. The summed E-state index contributed by atoms with van der Waals surface area (Å²) in [7, 11) is 0. The standard InChI is InChI=1S/C11H10F4O2/c12-7-3-4-8(10(17)2-1-5-16)9(6-7)11(13,14)15/h3-4,6,16H,1-2,5H2. The lowest BCUT2D eigenvalue weighted by Gasteiger charge is -2.11. The molecule has 0 unspecified atom stereocenters. The Morgan fingerprint density at radius 1 is 1.29 bits per heavy atom. The number of halogens is 4. The van der Waals surface area contributed by atoms with Gasteiger partial charge in [-0.3, -0.25) is 4.79 Å². The summed E-state index contributed by atoms with van der Waals surface area (Å²) in [5.74, 6) is -1.80. The molecule has 0 amide bonds. The number of alkyl halides is 3. The molecule has 2 nitrogen and oxygen atoms in total. The lowest BCUT2D eigenvalue weighted by atomic mass is 10.00. The third kappa shape index (κ3) is 3.52. The highest BCUT2D eigenvalue weighted by molar-refractivity contribution is 5.97. The molecule has 0 heterocycles. The molecular weight excluding hydrogens is 240 g/mol. The lowest BCUT2D eigenvalue weighted by Crippen LogP contribution is -2.14. The van der Waals surface area contributed by atoms with Crippen molar-refractivity contribution in [3.63, 3.8) is 0 Å². The fourth-order valence-corrected chi connectivity index (χ4v) is 1.37. The van der Waals surface area contributed by atoms with Gasteiger partial charge in [-0.2, -0.15) is 13.2 Å². The van der Waals surface area contributed by atoms with E-state index in [4.69, 9.17) is 5.11 Å². The second-order valence-corrected chi connectivity index (χ2v) is 3.44. The normalized spacial score (nSPS) is 11.6. The Labute approximate surface area is 94.9 Å². The molecule has 0 fully saturated rings. The van der Waals surface area contributed by atoms with Crippen LogP contribution in [0.5, 0.6) is 0 Å². The number of benzene rings is 1. The average Bonchev–Trinajstić information content (AvgIpc) is 2.24. The molecule has 94 valence electrons. The predicted molar refractivity (Wildman–Crippen MR) is 52.1 cm³/mol. The zero-order valence-corrected chi connectivity index (χ0v) is 8.72. The van der Waals surface area contributed by atoms with Crippen molar-refractivity contribution < 1.29 is 27.5 Å². The van der Waals surface area contributed by atoms with Crippen LogP contribution in [0.2, 0.25) is 0 Å². The minimum absolute atomic E-state index is 0.0769. The maximum atomic E-state index is 12.7. The molecule has 0 saturated carbocycles. The van der Waals surface area contributed by atoms with Gasteiger partial charge in [-0.25, -0.2) is 4.39 Å². The molecule has 0 aromatic heterocycles. The van der Waals surface area contributed by atoms with Gasteiger partial charge in [0.25, 0.3) is 0 Å². The maximum absolute atomic E-state index is 12.7. The molecule has 6 heteroatoms. The number of carbonyl (C=O) groups excluding carboxylic acids is 1. The van der Waals surface area contributed by atoms with Gasteiger partial charge in [-0.15, -0.1) is 0 Å². The summed E-state index contributed by atoms with van der Waals surface area (Å²) in [4.78, 5) is 11.4. The Kier molecular flexibility index (Phi) is 4.22. The van der Waals surface area contributed by atoms with Crippen LogP contribution in [0.15, 0.2) is 18.2 Å². The van der Waals surface area contributed by atoms with E-state index in [9.17, 15) is 22.4 Å². The monoisotopic (exact) mass is 250 g/mol. The summed E-state index contributed by atoms with van der Waals surface area (Å²) in [5, 5.41) is 8.50. The van der Waals surface area contributed by atoms with Gasteiger partial charge < -0.3 is 5.11 Å². The average molecular weight is 250 g/mol. The first kappa shape index (κ1) is 13.6. The van der Waals surface area contributed by atoms with Crippen LogP contribution in [0.1, 0.15) is 28.8 Å². The number of hydrogen-bond donors (Lipinski definition) is 1. The number of hydrogen-bond acceptors (Lipinski definition) is 2. The molecule has 0 aliphatic carbocycles. The Bertz CT molecular complexity index is 412. The van der Waals surface area contributed by atoms with Gasteiger partial charge in [-0.1, -0.05) is 0 Å². The van der Waals surface area contributed by atoms with Crippen molar-refractivity contribution in [1.82, 2.24) is 0 Å². The molecule has 0 bridgehead atoms. The SMILES string of the molecule is O=C(CCCO)c1ccc(F)cc1C(F)(F)F. The molecule has 1 rings (SSSR count). The van der Waals surface area contributed by atoms with Crippen molar-refractivity contribution in [2.75, 3.05) is 6.61 Å². The highest BCUT2D eigenvalue weighted by atomic mass is 19.4. The van der Waals surface area contributed by atoms with Gasteiger partial charge in [0.2, 0.25) is 0 Å². The van der Waals surface area contributed by atoms with Crippen molar-refractivity contribution in [3.8, 4) is 0 Å². The van der Waals surface area contributed by atoms with Gasteiger partial charge in [0.05, 0.1) is 5.56 Å². The fraction of sp³-hybridized carbons (Fsp3) is 0.364. The molecule has 1 N–H and O–H groups in total. The quantitative estimate of drug-likeness (QED) is 0.659. The Balaban J connectivity index is 3.11. The largest absolute Gasteiger partial charge is 0.417 e.